The van der Waals surface area contributed by atoms with E-state index in [1.165, 1.54) is 12.1 Å². The summed E-state index contributed by atoms with van der Waals surface area (Å²) >= 11 is 0. The van der Waals surface area contributed by atoms with Crippen LogP contribution in [0.15, 0.2) is 60.7 Å². The molecule has 2 fully saturated rings. The Labute approximate surface area is 175 Å². The Hall–Kier alpha value is -2.99. The predicted octanol–water partition coefficient (Wildman–Crippen LogP) is 4.66. The molecule has 2 aliphatic rings. The van der Waals surface area contributed by atoms with E-state index in [0.29, 0.717) is 18.3 Å². The van der Waals surface area contributed by atoms with Crippen molar-refractivity contribution in [2.75, 3.05) is 18.4 Å². The third-order valence-electron chi connectivity index (χ3n) is 5.96. The number of carbonyl (C=O) groups excluding carboxylic acids is 1. The van der Waals surface area contributed by atoms with Gasteiger partial charge >= 0.3 is 0 Å². The molecule has 1 unspecified atom stereocenters. The molecule has 154 valence electrons. The predicted molar refractivity (Wildman–Crippen MR) is 114 cm³/mol. The molecule has 3 aromatic rings. The first-order valence-electron chi connectivity index (χ1n) is 10.6. The second-order valence-corrected chi connectivity index (χ2v) is 8.20. The van der Waals surface area contributed by atoms with Crippen molar-refractivity contribution in [1.29, 1.82) is 0 Å². The zero-order chi connectivity index (χ0) is 20.5. The van der Waals surface area contributed by atoms with E-state index < -0.39 is 0 Å². The molecule has 1 saturated heterocycles. The summed E-state index contributed by atoms with van der Waals surface area (Å²) in [6.07, 6.45) is 4.33. The van der Waals surface area contributed by atoms with Crippen LogP contribution in [0.25, 0.3) is 5.69 Å². The lowest BCUT2D eigenvalue weighted by atomic mass is 10.0. The van der Waals surface area contributed by atoms with Gasteiger partial charge in [-0.2, -0.15) is 5.10 Å². The van der Waals surface area contributed by atoms with E-state index in [4.69, 9.17) is 5.10 Å². The Morgan fingerprint density at radius 3 is 2.57 bits per heavy atom. The van der Waals surface area contributed by atoms with Gasteiger partial charge in [-0.1, -0.05) is 30.3 Å². The first-order chi connectivity index (χ1) is 14.7. The number of hydrogen-bond acceptors (Lipinski definition) is 3. The van der Waals surface area contributed by atoms with Crippen LogP contribution < -0.4 is 5.32 Å². The van der Waals surface area contributed by atoms with Crippen molar-refractivity contribution in [3.63, 3.8) is 0 Å². The van der Waals surface area contributed by atoms with Gasteiger partial charge in [-0.05, 0) is 62.1 Å². The van der Waals surface area contributed by atoms with Crippen LogP contribution in [0.5, 0.6) is 0 Å². The molecule has 1 aliphatic carbocycles. The Balaban J connectivity index is 1.32. The minimum Gasteiger partial charge on any atom is -0.309 e. The highest BCUT2D eigenvalue weighted by Gasteiger charge is 2.30. The van der Waals surface area contributed by atoms with Crippen molar-refractivity contribution in [2.45, 2.75) is 37.6 Å². The number of benzene rings is 2. The standard InChI is InChI=1S/C24H25FN4O/c25-19-12-10-18(11-13-19)22-7-4-14-28(22)16-24(30)26-23-15-21(17-8-9-17)27-29(23)20-5-2-1-3-6-20/h1-3,5-6,10-13,15,17,22H,4,7-9,14,16H2,(H,26,30). The number of nitrogens with zero attached hydrogens (tertiary/aromatic N) is 3. The second-order valence-electron chi connectivity index (χ2n) is 8.20. The molecule has 2 aromatic carbocycles. The van der Waals surface area contributed by atoms with Crippen LogP contribution >= 0.6 is 0 Å². The number of nitrogens with one attached hydrogen (secondary N) is 1. The Morgan fingerprint density at radius 2 is 1.83 bits per heavy atom. The minimum atomic E-state index is -0.235. The van der Waals surface area contributed by atoms with Crippen LogP contribution in [0.4, 0.5) is 10.2 Å². The number of hydrogen-bond donors (Lipinski definition) is 1. The summed E-state index contributed by atoms with van der Waals surface area (Å²) in [4.78, 5) is 15.1. The van der Waals surface area contributed by atoms with Gasteiger partial charge in [0.05, 0.1) is 17.9 Å². The van der Waals surface area contributed by atoms with Crippen LogP contribution in [0.1, 0.15) is 48.9 Å². The fourth-order valence-electron chi connectivity index (χ4n) is 4.28. The van der Waals surface area contributed by atoms with E-state index in [2.05, 4.69) is 10.2 Å². The van der Waals surface area contributed by atoms with E-state index in [0.717, 1.165) is 49.2 Å². The molecule has 1 saturated carbocycles. The smallest absolute Gasteiger partial charge is 0.239 e. The molecule has 6 heteroatoms. The molecule has 1 N–H and O–H groups in total. The molecule has 1 amide bonds. The number of anilines is 1. The minimum absolute atomic E-state index is 0.0524. The summed E-state index contributed by atoms with van der Waals surface area (Å²) in [7, 11) is 0. The van der Waals surface area contributed by atoms with Crippen molar-refractivity contribution in [2.24, 2.45) is 0 Å². The van der Waals surface area contributed by atoms with Gasteiger partial charge in [0.1, 0.15) is 11.6 Å². The molecule has 2 heterocycles. The van der Waals surface area contributed by atoms with Crippen molar-refractivity contribution >= 4 is 11.7 Å². The number of amides is 1. The molecule has 0 radical (unpaired) electrons. The van der Waals surface area contributed by atoms with Gasteiger partial charge < -0.3 is 5.32 Å². The van der Waals surface area contributed by atoms with Crippen LogP contribution in [-0.4, -0.2) is 33.7 Å². The zero-order valence-electron chi connectivity index (χ0n) is 16.8. The average molecular weight is 404 g/mol. The fraction of sp³-hybridized carbons (Fsp3) is 0.333. The molecule has 0 bridgehead atoms. The Bertz CT molecular complexity index is 1030. The molecule has 1 atom stereocenters. The molecular formula is C24H25FN4O. The second kappa shape index (κ2) is 8.03. The van der Waals surface area contributed by atoms with Crippen LogP contribution in [-0.2, 0) is 4.79 Å². The summed E-state index contributed by atoms with van der Waals surface area (Å²) < 4.78 is 15.1. The zero-order valence-corrected chi connectivity index (χ0v) is 16.8. The summed E-state index contributed by atoms with van der Waals surface area (Å²) in [5.41, 5.74) is 3.04. The summed E-state index contributed by atoms with van der Waals surface area (Å²) in [5.74, 6) is 0.933. The molecule has 5 rings (SSSR count). The third kappa shape index (κ3) is 4.00. The maximum atomic E-state index is 13.3. The summed E-state index contributed by atoms with van der Waals surface area (Å²) in [6.45, 7) is 1.17. The number of likely N-dealkylation sites (tertiary alicyclic amines) is 1. The number of rotatable bonds is 6. The first kappa shape index (κ1) is 19.0. The number of aromatic nitrogens is 2. The lowest BCUT2D eigenvalue weighted by molar-refractivity contribution is -0.117. The van der Waals surface area contributed by atoms with Crippen LogP contribution in [0.2, 0.25) is 0 Å². The fourth-order valence-corrected chi connectivity index (χ4v) is 4.28. The molecule has 30 heavy (non-hydrogen) atoms. The van der Waals surface area contributed by atoms with Gasteiger partial charge in [-0.3, -0.25) is 9.69 Å². The Kier molecular flexibility index (Phi) is 5.09. The normalized spacial score (nSPS) is 19.2. The van der Waals surface area contributed by atoms with Gasteiger partial charge in [-0.15, -0.1) is 0 Å². The van der Waals surface area contributed by atoms with Crippen molar-refractivity contribution in [1.82, 2.24) is 14.7 Å². The highest BCUT2D eigenvalue weighted by Crippen LogP contribution is 2.40. The molecular weight excluding hydrogens is 379 g/mol. The van der Waals surface area contributed by atoms with Crippen LogP contribution in [0, 0.1) is 5.82 Å². The van der Waals surface area contributed by atoms with Gasteiger partial charge in [-0.25, -0.2) is 9.07 Å². The van der Waals surface area contributed by atoms with Gasteiger partial charge in [0, 0.05) is 18.0 Å². The number of para-hydroxylation sites is 1. The average Bonchev–Trinajstić information content (AvgIpc) is 3.37. The van der Waals surface area contributed by atoms with E-state index in [1.54, 1.807) is 0 Å². The lowest BCUT2D eigenvalue weighted by Gasteiger charge is -2.24. The SMILES string of the molecule is O=C(CN1CCCC1c1ccc(F)cc1)Nc1cc(C2CC2)nn1-c1ccccc1. The van der Waals surface area contributed by atoms with Crippen LogP contribution in [0.3, 0.4) is 0 Å². The maximum Gasteiger partial charge on any atom is 0.239 e. The quantitative estimate of drug-likeness (QED) is 0.650. The van der Waals surface area contributed by atoms with Gasteiger partial charge in [0.25, 0.3) is 0 Å². The van der Waals surface area contributed by atoms with E-state index in [1.807, 2.05) is 53.2 Å². The van der Waals surface area contributed by atoms with Gasteiger partial charge in [0.15, 0.2) is 0 Å². The lowest BCUT2D eigenvalue weighted by Crippen LogP contribution is -2.33. The monoisotopic (exact) mass is 404 g/mol. The van der Waals surface area contributed by atoms with E-state index >= 15 is 0 Å². The number of carbonyl (C=O) groups is 1. The van der Waals surface area contributed by atoms with Crippen molar-refractivity contribution in [3.8, 4) is 5.69 Å². The highest BCUT2D eigenvalue weighted by molar-refractivity contribution is 5.91. The third-order valence-corrected chi connectivity index (χ3v) is 5.96. The molecule has 5 nitrogen and oxygen atoms in total. The molecule has 0 spiro atoms. The topological polar surface area (TPSA) is 50.2 Å². The van der Waals surface area contributed by atoms with E-state index in [-0.39, 0.29) is 17.8 Å². The maximum absolute atomic E-state index is 13.3. The molecule has 1 aliphatic heterocycles. The Morgan fingerprint density at radius 1 is 1.07 bits per heavy atom. The van der Waals surface area contributed by atoms with Crippen molar-refractivity contribution < 1.29 is 9.18 Å². The largest absolute Gasteiger partial charge is 0.309 e. The van der Waals surface area contributed by atoms with Gasteiger partial charge in [0.2, 0.25) is 5.91 Å². The van der Waals surface area contributed by atoms with Crippen molar-refractivity contribution in [3.05, 3.63) is 77.7 Å². The number of halogens is 1. The van der Waals surface area contributed by atoms with E-state index in [9.17, 15) is 9.18 Å². The first-order valence-corrected chi connectivity index (χ1v) is 10.6. The molecule has 1 aromatic heterocycles. The summed E-state index contributed by atoms with van der Waals surface area (Å²) in [6, 6.07) is 18.7. The highest BCUT2D eigenvalue weighted by atomic mass is 19.1. The summed E-state index contributed by atoms with van der Waals surface area (Å²) in [5, 5.41) is 7.83.